The van der Waals surface area contributed by atoms with Crippen LogP contribution in [0.1, 0.15) is 18.9 Å². The second kappa shape index (κ2) is 7.27. The Hall–Kier alpha value is -1.10. The van der Waals surface area contributed by atoms with Crippen molar-refractivity contribution >= 4 is 5.69 Å². The smallest absolute Gasteiger partial charge is 0.139 e. The Labute approximate surface area is 103 Å². The Morgan fingerprint density at radius 1 is 1.41 bits per heavy atom. The third kappa shape index (κ3) is 4.00. The fourth-order valence-electron chi connectivity index (χ4n) is 1.87. The molecule has 0 spiro atoms. The van der Waals surface area contributed by atoms with E-state index in [1.165, 1.54) is 5.56 Å². The summed E-state index contributed by atoms with van der Waals surface area (Å²) >= 11 is 0. The molecule has 1 aromatic rings. The zero-order valence-electron chi connectivity index (χ0n) is 10.3. The molecule has 1 rings (SSSR count). The average Bonchev–Trinajstić information content (AvgIpc) is 2.37. The quantitative estimate of drug-likeness (QED) is 0.612. The number of aryl methyl sites for hydroxylation is 1. The van der Waals surface area contributed by atoms with Crippen LogP contribution in [0.2, 0.25) is 0 Å². The van der Waals surface area contributed by atoms with E-state index in [-0.39, 0.29) is 13.2 Å². The SMILES string of the molecule is CCN(c1cccc(CCCO)c1)C(O)CN. The normalized spacial score (nSPS) is 12.5. The first-order chi connectivity index (χ1) is 8.22. The molecule has 17 heavy (non-hydrogen) atoms. The summed E-state index contributed by atoms with van der Waals surface area (Å²) in [5, 5.41) is 18.6. The van der Waals surface area contributed by atoms with E-state index < -0.39 is 6.23 Å². The van der Waals surface area contributed by atoms with Crippen molar-refractivity contribution in [3.8, 4) is 0 Å². The molecule has 96 valence electrons. The summed E-state index contributed by atoms with van der Waals surface area (Å²) in [4.78, 5) is 1.86. The van der Waals surface area contributed by atoms with Crippen molar-refractivity contribution in [3.05, 3.63) is 29.8 Å². The van der Waals surface area contributed by atoms with Crippen LogP contribution < -0.4 is 10.6 Å². The third-order valence-electron chi connectivity index (χ3n) is 2.78. The number of nitrogens with zero attached hydrogens (tertiary/aromatic N) is 1. The van der Waals surface area contributed by atoms with E-state index in [1.807, 2.05) is 36.1 Å². The molecule has 0 heterocycles. The summed E-state index contributed by atoms with van der Waals surface area (Å²) < 4.78 is 0. The van der Waals surface area contributed by atoms with Crippen LogP contribution in [-0.4, -0.2) is 36.1 Å². The minimum atomic E-state index is -0.645. The molecule has 0 fully saturated rings. The number of benzene rings is 1. The van der Waals surface area contributed by atoms with Gasteiger partial charge in [-0.05, 0) is 37.5 Å². The van der Waals surface area contributed by atoms with Crippen molar-refractivity contribution in [2.24, 2.45) is 5.73 Å². The monoisotopic (exact) mass is 238 g/mol. The van der Waals surface area contributed by atoms with Gasteiger partial charge in [-0.25, -0.2) is 0 Å². The predicted octanol–water partition coefficient (Wildman–Crippen LogP) is 0.715. The Morgan fingerprint density at radius 3 is 2.76 bits per heavy atom. The lowest BCUT2D eigenvalue weighted by Gasteiger charge is -2.28. The number of nitrogens with two attached hydrogens (primary N) is 1. The fraction of sp³-hybridized carbons (Fsp3) is 0.538. The van der Waals surface area contributed by atoms with E-state index in [4.69, 9.17) is 10.8 Å². The first kappa shape index (κ1) is 14.0. The van der Waals surface area contributed by atoms with E-state index in [0.717, 1.165) is 18.5 Å². The first-order valence-electron chi connectivity index (χ1n) is 6.07. The topological polar surface area (TPSA) is 69.7 Å². The fourth-order valence-corrected chi connectivity index (χ4v) is 1.87. The number of hydrogen-bond acceptors (Lipinski definition) is 4. The number of aliphatic hydroxyl groups excluding tert-OH is 2. The molecule has 0 bridgehead atoms. The molecular weight excluding hydrogens is 216 g/mol. The van der Waals surface area contributed by atoms with E-state index in [9.17, 15) is 5.11 Å². The highest BCUT2D eigenvalue weighted by atomic mass is 16.3. The van der Waals surface area contributed by atoms with Crippen LogP contribution in [0.15, 0.2) is 24.3 Å². The highest BCUT2D eigenvalue weighted by Gasteiger charge is 2.12. The molecule has 1 aromatic carbocycles. The Morgan fingerprint density at radius 2 is 2.18 bits per heavy atom. The Kier molecular flexibility index (Phi) is 5.97. The van der Waals surface area contributed by atoms with Gasteiger partial charge in [-0.1, -0.05) is 12.1 Å². The van der Waals surface area contributed by atoms with Gasteiger partial charge in [0.1, 0.15) is 6.23 Å². The Bertz CT molecular complexity index is 331. The van der Waals surface area contributed by atoms with E-state index in [0.29, 0.717) is 6.54 Å². The summed E-state index contributed by atoms with van der Waals surface area (Å²) in [6, 6.07) is 8.00. The number of rotatable bonds is 7. The standard InChI is InChI=1S/C13H22N2O2/c1-2-15(13(17)10-14)12-7-3-5-11(9-12)6-4-8-16/h3,5,7,9,13,16-17H,2,4,6,8,10,14H2,1H3. The summed E-state index contributed by atoms with van der Waals surface area (Å²) in [6.07, 6.45) is 0.961. The number of likely N-dealkylation sites (N-methyl/N-ethyl adjacent to an activating group) is 1. The van der Waals surface area contributed by atoms with Gasteiger partial charge in [0, 0.05) is 25.4 Å². The van der Waals surface area contributed by atoms with Gasteiger partial charge in [-0.15, -0.1) is 0 Å². The van der Waals surface area contributed by atoms with Crippen LogP contribution in [0.4, 0.5) is 5.69 Å². The van der Waals surface area contributed by atoms with Gasteiger partial charge in [-0.2, -0.15) is 0 Å². The molecule has 4 heteroatoms. The molecule has 0 aliphatic heterocycles. The number of aliphatic hydroxyl groups is 2. The van der Waals surface area contributed by atoms with Crippen molar-refractivity contribution in [2.45, 2.75) is 26.0 Å². The van der Waals surface area contributed by atoms with Crippen molar-refractivity contribution in [3.63, 3.8) is 0 Å². The molecule has 0 saturated heterocycles. The van der Waals surface area contributed by atoms with Gasteiger partial charge in [0.25, 0.3) is 0 Å². The highest BCUT2D eigenvalue weighted by molar-refractivity contribution is 5.49. The predicted molar refractivity (Wildman–Crippen MR) is 69.9 cm³/mol. The molecule has 1 atom stereocenters. The molecule has 0 aliphatic rings. The van der Waals surface area contributed by atoms with Crippen LogP contribution in [0, 0.1) is 0 Å². The second-order valence-electron chi connectivity index (χ2n) is 4.00. The molecular formula is C13H22N2O2. The van der Waals surface area contributed by atoms with Crippen LogP contribution in [-0.2, 0) is 6.42 Å². The van der Waals surface area contributed by atoms with Gasteiger partial charge in [0.05, 0.1) is 0 Å². The lowest BCUT2D eigenvalue weighted by molar-refractivity contribution is 0.178. The maximum Gasteiger partial charge on any atom is 0.139 e. The lowest BCUT2D eigenvalue weighted by atomic mass is 10.1. The van der Waals surface area contributed by atoms with E-state index in [2.05, 4.69) is 0 Å². The second-order valence-corrected chi connectivity index (χ2v) is 4.00. The molecule has 0 radical (unpaired) electrons. The summed E-state index contributed by atoms with van der Waals surface area (Å²) in [7, 11) is 0. The van der Waals surface area contributed by atoms with Crippen molar-refractivity contribution in [1.82, 2.24) is 0 Å². The molecule has 0 aliphatic carbocycles. The van der Waals surface area contributed by atoms with Gasteiger partial charge in [0.15, 0.2) is 0 Å². The van der Waals surface area contributed by atoms with E-state index >= 15 is 0 Å². The van der Waals surface area contributed by atoms with Crippen molar-refractivity contribution in [2.75, 3.05) is 24.6 Å². The largest absolute Gasteiger partial charge is 0.396 e. The molecule has 0 aromatic heterocycles. The van der Waals surface area contributed by atoms with Gasteiger partial charge in [0.2, 0.25) is 0 Å². The third-order valence-corrected chi connectivity index (χ3v) is 2.78. The van der Waals surface area contributed by atoms with Crippen LogP contribution in [0.25, 0.3) is 0 Å². The minimum absolute atomic E-state index is 0.202. The summed E-state index contributed by atoms with van der Waals surface area (Å²) in [6.45, 7) is 3.11. The van der Waals surface area contributed by atoms with Crippen LogP contribution in [0.5, 0.6) is 0 Å². The van der Waals surface area contributed by atoms with Gasteiger partial charge < -0.3 is 20.8 Å². The lowest BCUT2D eigenvalue weighted by Crippen LogP contribution is -2.40. The summed E-state index contributed by atoms with van der Waals surface area (Å²) in [5.74, 6) is 0. The Balaban J connectivity index is 2.81. The van der Waals surface area contributed by atoms with Crippen LogP contribution in [0.3, 0.4) is 0 Å². The maximum atomic E-state index is 9.80. The van der Waals surface area contributed by atoms with Crippen molar-refractivity contribution in [1.29, 1.82) is 0 Å². The zero-order valence-corrected chi connectivity index (χ0v) is 10.3. The van der Waals surface area contributed by atoms with Crippen LogP contribution >= 0.6 is 0 Å². The molecule has 4 nitrogen and oxygen atoms in total. The van der Waals surface area contributed by atoms with Gasteiger partial charge >= 0.3 is 0 Å². The van der Waals surface area contributed by atoms with E-state index in [1.54, 1.807) is 0 Å². The number of anilines is 1. The molecule has 0 amide bonds. The maximum absolute atomic E-state index is 9.80. The van der Waals surface area contributed by atoms with Gasteiger partial charge in [-0.3, -0.25) is 0 Å². The molecule has 1 unspecified atom stereocenters. The molecule has 4 N–H and O–H groups in total. The average molecular weight is 238 g/mol. The van der Waals surface area contributed by atoms with Crippen molar-refractivity contribution < 1.29 is 10.2 Å². The molecule has 0 saturated carbocycles. The zero-order chi connectivity index (χ0) is 12.7. The first-order valence-corrected chi connectivity index (χ1v) is 6.07. The minimum Gasteiger partial charge on any atom is -0.396 e. The highest BCUT2D eigenvalue weighted by Crippen LogP contribution is 2.18. The summed E-state index contributed by atoms with van der Waals surface area (Å²) in [5.41, 5.74) is 7.62. The number of hydrogen-bond donors (Lipinski definition) is 3.